The highest BCUT2D eigenvalue weighted by atomic mass is 35.5. The van der Waals surface area contributed by atoms with Crippen LogP contribution in [0.15, 0.2) is 11.0 Å². The van der Waals surface area contributed by atoms with Gasteiger partial charge in [0, 0.05) is 13.1 Å². The van der Waals surface area contributed by atoms with Crippen molar-refractivity contribution in [2.75, 3.05) is 25.1 Å². The second-order valence-electron chi connectivity index (χ2n) is 4.21. The van der Waals surface area contributed by atoms with Crippen LogP contribution in [0.2, 0.25) is 5.02 Å². The van der Waals surface area contributed by atoms with Crippen LogP contribution in [0.3, 0.4) is 0 Å². The summed E-state index contributed by atoms with van der Waals surface area (Å²) < 4.78 is 4.75. The Kier molecular flexibility index (Phi) is 3.86. The van der Waals surface area contributed by atoms with Gasteiger partial charge in [-0.15, -0.1) is 0 Å². The standard InChI is InChI=1S/C11H14ClN3O3/c1-18-11(17)7-3-2-4-15(6-7)8-5-13-14-10(16)9(8)12/h5,7H,2-4,6H2,1H3,(H,14,16)/t7-/m0/s1. The van der Waals surface area contributed by atoms with Crippen molar-refractivity contribution in [2.24, 2.45) is 5.92 Å². The number of piperidine rings is 1. The Balaban J connectivity index is 2.21. The summed E-state index contributed by atoms with van der Waals surface area (Å²) in [5, 5.41) is 6.11. The van der Waals surface area contributed by atoms with Gasteiger partial charge in [-0.25, -0.2) is 5.10 Å². The van der Waals surface area contributed by atoms with Crippen molar-refractivity contribution in [1.82, 2.24) is 10.2 Å². The highest BCUT2D eigenvalue weighted by Gasteiger charge is 2.28. The van der Waals surface area contributed by atoms with E-state index in [1.807, 2.05) is 4.90 Å². The Labute approximate surface area is 109 Å². The molecular weight excluding hydrogens is 258 g/mol. The van der Waals surface area contributed by atoms with Crippen LogP contribution in [0.25, 0.3) is 0 Å². The van der Waals surface area contributed by atoms with Gasteiger partial charge in [0.05, 0.1) is 24.9 Å². The number of carbonyl (C=O) groups excluding carboxylic acids is 1. The van der Waals surface area contributed by atoms with Gasteiger partial charge in [-0.1, -0.05) is 11.6 Å². The second-order valence-corrected chi connectivity index (χ2v) is 4.58. The predicted molar refractivity (Wildman–Crippen MR) is 66.8 cm³/mol. The number of aromatic amines is 1. The number of rotatable bonds is 2. The zero-order chi connectivity index (χ0) is 13.1. The number of H-pyrrole nitrogens is 1. The van der Waals surface area contributed by atoms with Crippen LogP contribution in [-0.2, 0) is 9.53 Å². The Morgan fingerprint density at radius 2 is 2.44 bits per heavy atom. The van der Waals surface area contributed by atoms with Gasteiger partial charge in [0.15, 0.2) is 0 Å². The molecule has 0 bridgehead atoms. The lowest BCUT2D eigenvalue weighted by molar-refractivity contribution is -0.145. The Hall–Kier alpha value is -1.56. The first-order chi connectivity index (χ1) is 8.63. The van der Waals surface area contributed by atoms with Crippen LogP contribution in [-0.4, -0.2) is 36.4 Å². The fraction of sp³-hybridized carbons (Fsp3) is 0.545. The van der Waals surface area contributed by atoms with Crippen LogP contribution in [0.4, 0.5) is 5.69 Å². The molecule has 1 atom stereocenters. The van der Waals surface area contributed by atoms with E-state index in [0.717, 1.165) is 19.4 Å². The number of aromatic nitrogens is 2. The number of halogens is 1. The van der Waals surface area contributed by atoms with Crippen LogP contribution in [0.1, 0.15) is 12.8 Å². The molecule has 1 saturated heterocycles. The summed E-state index contributed by atoms with van der Waals surface area (Å²) in [6, 6.07) is 0. The fourth-order valence-corrected chi connectivity index (χ4v) is 2.36. The highest BCUT2D eigenvalue weighted by Crippen LogP contribution is 2.26. The summed E-state index contributed by atoms with van der Waals surface area (Å²) in [5.74, 6) is -0.410. The highest BCUT2D eigenvalue weighted by molar-refractivity contribution is 6.33. The van der Waals surface area contributed by atoms with Crippen molar-refractivity contribution in [1.29, 1.82) is 0 Å². The number of anilines is 1. The number of ether oxygens (including phenoxy) is 1. The number of nitrogens with one attached hydrogen (secondary N) is 1. The fourth-order valence-electron chi connectivity index (χ4n) is 2.15. The molecule has 0 saturated carbocycles. The lowest BCUT2D eigenvalue weighted by atomic mass is 9.98. The molecule has 7 heteroatoms. The molecule has 1 aromatic heterocycles. The number of carbonyl (C=O) groups is 1. The molecule has 2 rings (SSSR count). The summed E-state index contributed by atoms with van der Waals surface area (Å²) in [7, 11) is 1.38. The molecule has 0 spiro atoms. The molecule has 0 aliphatic carbocycles. The quantitative estimate of drug-likeness (QED) is 0.806. The van der Waals surface area contributed by atoms with Crippen LogP contribution >= 0.6 is 11.6 Å². The van der Waals surface area contributed by atoms with Crippen LogP contribution < -0.4 is 10.5 Å². The van der Waals surface area contributed by atoms with E-state index in [0.29, 0.717) is 12.2 Å². The van der Waals surface area contributed by atoms with E-state index in [4.69, 9.17) is 16.3 Å². The normalized spacial score (nSPS) is 19.7. The van der Waals surface area contributed by atoms with Crippen LogP contribution in [0.5, 0.6) is 0 Å². The molecule has 0 unspecified atom stereocenters. The average Bonchev–Trinajstić information content (AvgIpc) is 2.41. The number of hydrogen-bond acceptors (Lipinski definition) is 5. The van der Waals surface area contributed by atoms with E-state index < -0.39 is 5.56 Å². The van der Waals surface area contributed by atoms with Crippen molar-refractivity contribution >= 4 is 23.3 Å². The molecule has 1 fully saturated rings. The first-order valence-corrected chi connectivity index (χ1v) is 6.07. The van der Waals surface area contributed by atoms with E-state index in [1.165, 1.54) is 13.3 Å². The van der Waals surface area contributed by atoms with E-state index in [1.54, 1.807) is 0 Å². The predicted octanol–water partition coefficient (Wildman–Crippen LogP) is 0.813. The summed E-state index contributed by atoms with van der Waals surface area (Å²) in [6.45, 7) is 1.25. The topological polar surface area (TPSA) is 75.3 Å². The number of nitrogens with zero attached hydrogens (tertiary/aromatic N) is 2. The molecule has 18 heavy (non-hydrogen) atoms. The van der Waals surface area contributed by atoms with Gasteiger partial charge < -0.3 is 9.64 Å². The van der Waals surface area contributed by atoms with Gasteiger partial charge >= 0.3 is 5.97 Å². The van der Waals surface area contributed by atoms with Gasteiger partial charge in [0.2, 0.25) is 0 Å². The molecular formula is C11H14ClN3O3. The third-order valence-electron chi connectivity index (χ3n) is 3.07. The summed E-state index contributed by atoms with van der Waals surface area (Å²) in [5.41, 5.74) is 0.142. The molecule has 0 aromatic carbocycles. The maximum absolute atomic E-state index is 11.5. The zero-order valence-electron chi connectivity index (χ0n) is 9.98. The number of methoxy groups -OCH3 is 1. The van der Waals surface area contributed by atoms with Crippen molar-refractivity contribution in [3.8, 4) is 0 Å². The molecule has 1 aliphatic rings. The van der Waals surface area contributed by atoms with E-state index >= 15 is 0 Å². The van der Waals surface area contributed by atoms with Gasteiger partial charge in [0.1, 0.15) is 5.02 Å². The minimum absolute atomic E-state index is 0.107. The van der Waals surface area contributed by atoms with Gasteiger partial charge in [0.25, 0.3) is 5.56 Å². The van der Waals surface area contributed by atoms with Gasteiger partial charge in [-0.05, 0) is 12.8 Å². The SMILES string of the molecule is COC(=O)[C@H]1CCCN(c2cn[nH]c(=O)c2Cl)C1. The summed E-state index contributed by atoms with van der Waals surface area (Å²) in [6.07, 6.45) is 3.14. The number of hydrogen-bond donors (Lipinski definition) is 1. The largest absolute Gasteiger partial charge is 0.469 e. The molecule has 0 amide bonds. The molecule has 1 aliphatic heterocycles. The minimum atomic E-state index is -0.422. The molecule has 2 heterocycles. The maximum atomic E-state index is 11.5. The Bertz CT molecular complexity index is 503. The van der Waals surface area contributed by atoms with Crippen molar-refractivity contribution < 1.29 is 9.53 Å². The molecule has 1 N–H and O–H groups in total. The van der Waals surface area contributed by atoms with Crippen molar-refractivity contribution in [3.05, 3.63) is 21.6 Å². The van der Waals surface area contributed by atoms with E-state index in [-0.39, 0.29) is 16.9 Å². The van der Waals surface area contributed by atoms with Crippen molar-refractivity contribution in [3.63, 3.8) is 0 Å². The molecule has 1 aromatic rings. The average molecular weight is 272 g/mol. The minimum Gasteiger partial charge on any atom is -0.469 e. The summed E-state index contributed by atoms with van der Waals surface area (Å²) >= 11 is 5.95. The van der Waals surface area contributed by atoms with E-state index in [9.17, 15) is 9.59 Å². The second kappa shape index (κ2) is 5.39. The van der Waals surface area contributed by atoms with Crippen molar-refractivity contribution in [2.45, 2.75) is 12.8 Å². The molecule has 0 radical (unpaired) electrons. The Morgan fingerprint density at radius 3 is 3.17 bits per heavy atom. The van der Waals surface area contributed by atoms with Crippen LogP contribution in [0, 0.1) is 5.92 Å². The van der Waals surface area contributed by atoms with E-state index in [2.05, 4.69) is 10.2 Å². The first-order valence-electron chi connectivity index (χ1n) is 5.69. The van der Waals surface area contributed by atoms with Gasteiger partial charge in [-0.3, -0.25) is 9.59 Å². The zero-order valence-corrected chi connectivity index (χ0v) is 10.7. The number of esters is 1. The monoisotopic (exact) mass is 271 g/mol. The van der Waals surface area contributed by atoms with Gasteiger partial charge in [-0.2, -0.15) is 5.10 Å². The molecule has 6 nitrogen and oxygen atoms in total. The third kappa shape index (κ3) is 2.48. The lowest BCUT2D eigenvalue weighted by Crippen LogP contribution is -2.40. The smallest absolute Gasteiger partial charge is 0.310 e. The first kappa shape index (κ1) is 12.9. The lowest BCUT2D eigenvalue weighted by Gasteiger charge is -2.32. The maximum Gasteiger partial charge on any atom is 0.310 e. The third-order valence-corrected chi connectivity index (χ3v) is 3.44. The summed E-state index contributed by atoms with van der Waals surface area (Å²) in [4.78, 5) is 24.8. The Morgan fingerprint density at radius 1 is 1.67 bits per heavy atom. The molecule has 98 valence electrons.